The van der Waals surface area contributed by atoms with Crippen molar-refractivity contribution < 1.29 is 5.11 Å². The second-order valence-electron chi connectivity index (χ2n) is 4.77. The molecule has 1 unspecified atom stereocenters. The molecule has 2 aromatic carbocycles. The van der Waals surface area contributed by atoms with E-state index in [-0.39, 0.29) is 0 Å². The summed E-state index contributed by atoms with van der Waals surface area (Å²) in [5, 5.41) is 11.2. The molecule has 0 radical (unpaired) electrons. The van der Waals surface area contributed by atoms with E-state index in [1.165, 1.54) is 0 Å². The molecule has 1 atom stereocenters. The van der Waals surface area contributed by atoms with E-state index in [4.69, 9.17) is 34.8 Å². The number of alkyl halides is 2. The van der Waals surface area contributed by atoms with Gasteiger partial charge in [-0.3, -0.25) is 4.99 Å². The molecule has 0 aromatic heterocycles. The van der Waals surface area contributed by atoms with Crippen LogP contribution in [0.25, 0.3) is 0 Å². The minimum atomic E-state index is -1.56. The molecule has 0 aliphatic carbocycles. The van der Waals surface area contributed by atoms with Gasteiger partial charge in [0.05, 0.1) is 5.71 Å². The number of hydrogen-bond donors (Lipinski definition) is 1. The third-order valence-corrected chi connectivity index (χ3v) is 4.23. The van der Waals surface area contributed by atoms with E-state index in [9.17, 15) is 5.11 Å². The number of nitrogens with zero attached hydrogens (tertiary/aromatic N) is 1. The quantitative estimate of drug-likeness (QED) is 0.589. The highest BCUT2D eigenvalue weighted by molar-refractivity contribution is 6.61. The monoisotopic (exact) mass is 355 g/mol. The van der Waals surface area contributed by atoms with Crippen molar-refractivity contribution in [1.82, 2.24) is 0 Å². The Morgan fingerprint density at radius 2 is 1.68 bits per heavy atom. The van der Waals surface area contributed by atoms with Gasteiger partial charge in [-0.25, -0.2) is 0 Å². The normalized spacial score (nSPS) is 14.0. The SMILES string of the molecule is CCN=C(c1ccc(Cl)cc1)C(Cl)(Cl)C(O)c1ccccc1. The molecule has 0 spiro atoms. The van der Waals surface area contributed by atoms with E-state index in [0.717, 1.165) is 5.56 Å². The second-order valence-corrected chi connectivity index (χ2v) is 6.59. The lowest BCUT2D eigenvalue weighted by atomic mass is 9.98. The Bertz CT molecular complexity index is 639. The Hall–Kier alpha value is -1.06. The fourth-order valence-electron chi connectivity index (χ4n) is 2.13. The number of aliphatic hydroxyl groups is 1. The molecule has 0 aliphatic rings. The van der Waals surface area contributed by atoms with Gasteiger partial charge < -0.3 is 5.11 Å². The van der Waals surface area contributed by atoms with Crippen molar-refractivity contribution in [3.05, 3.63) is 70.7 Å². The average molecular weight is 357 g/mol. The van der Waals surface area contributed by atoms with Gasteiger partial charge in [-0.2, -0.15) is 0 Å². The van der Waals surface area contributed by atoms with Crippen LogP contribution in [0.3, 0.4) is 0 Å². The van der Waals surface area contributed by atoms with Crippen LogP contribution in [-0.2, 0) is 0 Å². The van der Waals surface area contributed by atoms with Crippen molar-refractivity contribution in [2.45, 2.75) is 17.4 Å². The summed E-state index contributed by atoms with van der Waals surface area (Å²) in [5.74, 6) is 0. The summed E-state index contributed by atoms with van der Waals surface area (Å²) in [7, 11) is 0. The summed E-state index contributed by atoms with van der Waals surface area (Å²) in [6.45, 7) is 2.38. The molecule has 5 heteroatoms. The standard InChI is InChI=1S/C17H16Cl3NO/c1-2-21-15(12-8-10-14(18)11-9-12)17(19,20)16(22)13-6-4-3-5-7-13/h3-11,16,22H,2H2,1H3. The third kappa shape index (κ3) is 3.82. The molecule has 0 fully saturated rings. The Kier molecular flexibility index (Phi) is 5.87. The molecule has 1 N–H and O–H groups in total. The van der Waals surface area contributed by atoms with Gasteiger partial charge in [0, 0.05) is 11.6 Å². The van der Waals surface area contributed by atoms with Crippen LogP contribution in [0.1, 0.15) is 24.2 Å². The number of aliphatic hydroxyl groups excluding tert-OH is 1. The van der Waals surface area contributed by atoms with Crippen molar-refractivity contribution in [2.24, 2.45) is 4.99 Å². The van der Waals surface area contributed by atoms with E-state index in [1.807, 2.05) is 25.1 Å². The number of halogens is 3. The molecule has 0 amide bonds. The molecule has 0 heterocycles. The van der Waals surface area contributed by atoms with Crippen LogP contribution in [0.2, 0.25) is 5.02 Å². The lowest BCUT2D eigenvalue weighted by Crippen LogP contribution is -2.34. The molecule has 0 saturated carbocycles. The first kappa shape index (κ1) is 17.3. The van der Waals surface area contributed by atoms with Crippen LogP contribution in [0.4, 0.5) is 0 Å². The van der Waals surface area contributed by atoms with Gasteiger partial charge in [0.1, 0.15) is 6.10 Å². The fourth-order valence-corrected chi connectivity index (χ4v) is 2.84. The Morgan fingerprint density at radius 1 is 1.09 bits per heavy atom. The van der Waals surface area contributed by atoms with Gasteiger partial charge in [-0.05, 0) is 30.2 Å². The van der Waals surface area contributed by atoms with E-state index >= 15 is 0 Å². The second kappa shape index (κ2) is 7.47. The van der Waals surface area contributed by atoms with Crippen molar-refractivity contribution in [1.29, 1.82) is 0 Å². The molecule has 116 valence electrons. The van der Waals surface area contributed by atoms with Gasteiger partial charge in [0.2, 0.25) is 0 Å². The number of benzene rings is 2. The maximum Gasteiger partial charge on any atom is 0.189 e. The van der Waals surface area contributed by atoms with Crippen LogP contribution >= 0.6 is 34.8 Å². The fraction of sp³-hybridized carbons (Fsp3) is 0.235. The van der Waals surface area contributed by atoms with Gasteiger partial charge in [0.15, 0.2) is 4.33 Å². The van der Waals surface area contributed by atoms with Crippen molar-refractivity contribution in [2.75, 3.05) is 6.54 Å². The summed E-state index contributed by atoms with van der Waals surface area (Å²) in [5.41, 5.74) is 1.78. The maximum absolute atomic E-state index is 10.6. The lowest BCUT2D eigenvalue weighted by Gasteiger charge is -2.28. The first-order chi connectivity index (χ1) is 10.5. The summed E-state index contributed by atoms with van der Waals surface area (Å²) in [4.78, 5) is 4.39. The molecule has 2 aromatic rings. The summed E-state index contributed by atoms with van der Waals surface area (Å²) in [6.07, 6.45) is -1.10. The van der Waals surface area contributed by atoms with Crippen LogP contribution in [0.5, 0.6) is 0 Å². The molecule has 2 nitrogen and oxygen atoms in total. The van der Waals surface area contributed by atoms with Crippen LogP contribution < -0.4 is 0 Å². The van der Waals surface area contributed by atoms with Crippen LogP contribution in [-0.4, -0.2) is 21.7 Å². The van der Waals surface area contributed by atoms with Crippen molar-refractivity contribution >= 4 is 40.5 Å². The highest BCUT2D eigenvalue weighted by atomic mass is 35.5. The molecular formula is C17H16Cl3NO. The number of rotatable bonds is 5. The van der Waals surface area contributed by atoms with E-state index in [1.54, 1.807) is 36.4 Å². The Balaban J connectivity index is 2.42. The van der Waals surface area contributed by atoms with Gasteiger partial charge in [0.25, 0.3) is 0 Å². The summed E-state index contributed by atoms with van der Waals surface area (Å²) in [6, 6.07) is 16.1. The first-order valence-electron chi connectivity index (χ1n) is 6.88. The zero-order chi connectivity index (χ0) is 16.2. The third-order valence-electron chi connectivity index (χ3n) is 3.21. The molecule has 0 aliphatic heterocycles. The van der Waals surface area contributed by atoms with Gasteiger partial charge >= 0.3 is 0 Å². The van der Waals surface area contributed by atoms with Crippen molar-refractivity contribution in [3.8, 4) is 0 Å². The van der Waals surface area contributed by atoms with E-state index < -0.39 is 10.4 Å². The first-order valence-corrected chi connectivity index (χ1v) is 8.02. The van der Waals surface area contributed by atoms with E-state index in [2.05, 4.69) is 4.99 Å². The van der Waals surface area contributed by atoms with Crippen molar-refractivity contribution in [3.63, 3.8) is 0 Å². The molecular weight excluding hydrogens is 341 g/mol. The smallest absolute Gasteiger partial charge is 0.189 e. The molecule has 0 bridgehead atoms. The predicted molar refractivity (Wildman–Crippen MR) is 94.4 cm³/mol. The predicted octanol–water partition coefficient (Wildman–Crippen LogP) is 5.06. The summed E-state index contributed by atoms with van der Waals surface area (Å²) >= 11 is 18.9. The molecule has 2 rings (SSSR count). The highest BCUT2D eigenvalue weighted by Gasteiger charge is 2.40. The van der Waals surface area contributed by atoms with Crippen LogP contribution in [0, 0.1) is 0 Å². The Morgan fingerprint density at radius 3 is 2.23 bits per heavy atom. The minimum Gasteiger partial charge on any atom is -0.385 e. The molecule has 22 heavy (non-hydrogen) atoms. The lowest BCUT2D eigenvalue weighted by molar-refractivity contribution is 0.178. The topological polar surface area (TPSA) is 32.6 Å². The van der Waals surface area contributed by atoms with Crippen LogP contribution in [0.15, 0.2) is 59.6 Å². The minimum absolute atomic E-state index is 0.423. The maximum atomic E-state index is 10.6. The number of aliphatic imine (C=N–C) groups is 1. The molecule has 0 saturated heterocycles. The Labute approximate surface area is 145 Å². The van der Waals surface area contributed by atoms with Gasteiger partial charge in [-0.15, -0.1) is 0 Å². The summed E-state index contributed by atoms with van der Waals surface area (Å²) < 4.78 is -1.56. The van der Waals surface area contributed by atoms with E-state index in [0.29, 0.717) is 22.8 Å². The zero-order valence-corrected chi connectivity index (χ0v) is 14.3. The van der Waals surface area contributed by atoms with Gasteiger partial charge in [-0.1, -0.05) is 77.3 Å². The highest BCUT2D eigenvalue weighted by Crippen LogP contribution is 2.39. The average Bonchev–Trinajstić information content (AvgIpc) is 2.53. The number of hydrogen-bond acceptors (Lipinski definition) is 2. The largest absolute Gasteiger partial charge is 0.385 e. The zero-order valence-electron chi connectivity index (χ0n) is 12.0.